The Morgan fingerprint density at radius 1 is 1.17 bits per heavy atom. The number of hydrogen-bond donors (Lipinski definition) is 1. The monoisotopic (exact) mass is 575 g/mol. The maximum Gasteiger partial charge on any atom is 0.261 e. The lowest BCUT2D eigenvalue weighted by molar-refractivity contribution is -0.129. The number of nitrogens with zero attached hydrogens (tertiary/aromatic N) is 6. The molecule has 2 fully saturated rings. The Morgan fingerprint density at radius 2 is 1.88 bits per heavy atom. The van der Waals surface area contributed by atoms with Crippen molar-refractivity contribution in [2.75, 3.05) is 19.4 Å². The highest BCUT2D eigenvalue weighted by atomic mass is 19.3. The van der Waals surface area contributed by atoms with E-state index in [-0.39, 0.29) is 18.4 Å². The van der Waals surface area contributed by atoms with Gasteiger partial charge in [0.25, 0.3) is 5.91 Å². The van der Waals surface area contributed by atoms with Gasteiger partial charge in [0, 0.05) is 44.2 Å². The lowest BCUT2D eigenvalue weighted by atomic mass is 9.78. The second-order valence-corrected chi connectivity index (χ2v) is 10.5. The van der Waals surface area contributed by atoms with Crippen LogP contribution in [0.3, 0.4) is 0 Å². The molecule has 3 heterocycles. The Labute approximate surface area is 243 Å². The number of alkyl halides is 2. The molecule has 4 aromatic rings. The number of likely N-dealkylation sites (N-methyl/N-ethyl adjacent to an activating group) is 1. The smallest absolute Gasteiger partial charge is 0.261 e. The van der Waals surface area contributed by atoms with E-state index < -0.39 is 6.43 Å². The van der Waals surface area contributed by atoms with Crippen LogP contribution >= 0.6 is 0 Å². The molecule has 2 aliphatic carbocycles. The van der Waals surface area contributed by atoms with Gasteiger partial charge < -0.3 is 10.2 Å². The minimum Gasteiger partial charge on any atom is -0.347 e. The number of carbonyl (C=O) groups excluding carboxylic acids is 2. The van der Waals surface area contributed by atoms with Gasteiger partial charge in [0.15, 0.2) is 5.65 Å². The van der Waals surface area contributed by atoms with Crippen molar-refractivity contribution >= 4 is 23.1 Å². The zero-order chi connectivity index (χ0) is 30.2. The molecule has 11 heteroatoms. The molecular weight excluding hydrogens is 540 g/mol. The van der Waals surface area contributed by atoms with Crippen LogP contribution in [0.15, 0.2) is 55.1 Å². The van der Waals surface area contributed by atoms with Crippen LogP contribution in [0.25, 0.3) is 16.9 Å². The fourth-order valence-electron chi connectivity index (χ4n) is 4.29. The first kappa shape index (κ1) is 30.4. The van der Waals surface area contributed by atoms with Crippen molar-refractivity contribution in [3.63, 3.8) is 0 Å². The Balaban J connectivity index is 0.000000389. The van der Waals surface area contributed by atoms with Crippen LogP contribution in [0.2, 0.25) is 0 Å². The molecule has 0 atom stereocenters. The summed E-state index contributed by atoms with van der Waals surface area (Å²) in [6.07, 6.45) is 15.5. The summed E-state index contributed by atoms with van der Waals surface area (Å²) in [4.78, 5) is 31.3. The summed E-state index contributed by atoms with van der Waals surface area (Å²) in [5.41, 5.74) is 4.25. The molecule has 2 aliphatic rings. The van der Waals surface area contributed by atoms with Crippen molar-refractivity contribution in [1.29, 1.82) is 0 Å². The Bertz CT molecular complexity index is 1560. The predicted octanol–water partition coefficient (Wildman–Crippen LogP) is 5.50. The van der Waals surface area contributed by atoms with Crippen LogP contribution in [-0.4, -0.2) is 61.6 Å². The molecule has 0 bridgehead atoms. The standard InChI is InChI=1S/C24H25N7O2.C5H6.C2H4F2/c1-29(2)21(32)15-30-14-20(27-24(33)19-13-26-31-12-6-11-25-23(19)31)22(28-30)18-10-4-3-9-17(18)16-7-5-8-16;1-2-5-3-4-5;1-2(3)4/h3-4,6,9-14,16H,5,7-8,15H2,1-2H3,(H,27,33);1,5H,3-4H2;2H,1H3. The van der Waals surface area contributed by atoms with Crippen LogP contribution in [-0.2, 0) is 11.3 Å². The summed E-state index contributed by atoms with van der Waals surface area (Å²) in [7, 11) is 3.42. The minimum absolute atomic E-state index is 0.0824. The number of fused-ring (bicyclic) bond motifs is 1. The highest BCUT2D eigenvalue weighted by Gasteiger charge is 2.26. The lowest BCUT2D eigenvalue weighted by Crippen LogP contribution is -2.26. The third kappa shape index (κ3) is 7.78. The number of carbonyl (C=O) groups is 2. The summed E-state index contributed by atoms with van der Waals surface area (Å²) in [6, 6.07) is 9.92. The third-order valence-corrected chi connectivity index (χ3v) is 6.90. The van der Waals surface area contributed by atoms with Gasteiger partial charge in [-0.15, -0.1) is 12.3 Å². The van der Waals surface area contributed by atoms with Crippen molar-refractivity contribution in [3.05, 3.63) is 66.2 Å². The van der Waals surface area contributed by atoms with Crippen LogP contribution in [0.5, 0.6) is 0 Å². The molecule has 220 valence electrons. The maximum absolute atomic E-state index is 13.2. The van der Waals surface area contributed by atoms with Gasteiger partial charge in [-0.25, -0.2) is 18.3 Å². The third-order valence-electron chi connectivity index (χ3n) is 6.90. The van der Waals surface area contributed by atoms with E-state index in [0.29, 0.717) is 34.4 Å². The number of rotatable bonds is 6. The molecule has 0 aliphatic heterocycles. The zero-order valence-corrected chi connectivity index (χ0v) is 24.0. The van der Waals surface area contributed by atoms with E-state index in [1.165, 1.54) is 35.9 Å². The largest absolute Gasteiger partial charge is 0.347 e. The van der Waals surface area contributed by atoms with E-state index in [0.717, 1.165) is 25.3 Å². The van der Waals surface area contributed by atoms with Gasteiger partial charge in [0.2, 0.25) is 12.3 Å². The quantitative estimate of drug-likeness (QED) is 0.306. The summed E-state index contributed by atoms with van der Waals surface area (Å²) in [5, 5.41) is 11.9. The number of amides is 2. The van der Waals surface area contributed by atoms with E-state index in [9.17, 15) is 18.4 Å². The molecule has 3 aromatic heterocycles. The van der Waals surface area contributed by atoms with Gasteiger partial charge in [-0.3, -0.25) is 14.3 Å². The highest BCUT2D eigenvalue weighted by Crippen LogP contribution is 2.42. The summed E-state index contributed by atoms with van der Waals surface area (Å²) in [5.74, 6) is 3.38. The van der Waals surface area contributed by atoms with Gasteiger partial charge in [-0.2, -0.15) is 10.2 Å². The molecule has 1 aromatic carbocycles. The molecule has 2 amide bonds. The molecule has 2 saturated carbocycles. The van der Waals surface area contributed by atoms with Crippen LogP contribution in [0.1, 0.15) is 60.9 Å². The van der Waals surface area contributed by atoms with Crippen molar-refractivity contribution < 1.29 is 18.4 Å². The Kier molecular flexibility index (Phi) is 10.0. The van der Waals surface area contributed by atoms with Crippen molar-refractivity contribution in [2.45, 2.75) is 57.9 Å². The molecular formula is C31H35F2N7O2. The SMILES string of the molecule is C#CC1CC1.CC(F)F.CN(C)C(=O)Cn1cc(NC(=O)c2cnn3cccnc23)c(-c2ccccc2C2CCC2)n1. The maximum atomic E-state index is 13.2. The Hall–Kier alpha value is -4.59. The highest BCUT2D eigenvalue weighted by molar-refractivity contribution is 6.09. The van der Waals surface area contributed by atoms with Gasteiger partial charge >= 0.3 is 0 Å². The first-order chi connectivity index (χ1) is 20.2. The van der Waals surface area contributed by atoms with Crippen LogP contribution in [0.4, 0.5) is 14.5 Å². The van der Waals surface area contributed by atoms with E-state index >= 15 is 0 Å². The molecule has 1 N–H and O–H groups in total. The normalized spacial score (nSPS) is 14.1. The average molecular weight is 576 g/mol. The van der Waals surface area contributed by atoms with Crippen LogP contribution < -0.4 is 5.32 Å². The molecule has 0 spiro atoms. The molecule has 9 nitrogen and oxygen atoms in total. The number of benzene rings is 1. The molecule has 0 unspecified atom stereocenters. The molecule has 42 heavy (non-hydrogen) atoms. The predicted molar refractivity (Wildman–Crippen MR) is 157 cm³/mol. The van der Waals surface area contributed by atoms with Crippen LogP contribution in [0, 0.1) is 18.3 Å². The number of terminal acetylenes is 1. The fraction of sp³-hybridized carbons (Fsp3) is 0.387. The minimum atomic E-state index is -2.17. The lowest BCUT2D eigenvalue weighted by Gasteiger charge is -2.27. The zero-order valence-electron chi connectivity index (χ0n) is 24.0. The van der Waals surface area contributed by atoms with E-state index in [4.69, 9.17) is 11.5 Å². The van der Waals surface area contributed by atoms with Crippen molar-refractivity contribution in [1.82, 2.24) is 29.3 Å². The average Bonchev–Trinajstić information content (AvgIpc) is 3.55. The molecule has 0 saturated heterocycles. The number of halogens is 2. The first-order valence-corrected chi connectivity index (χ1v) is 13.9. The second kappa shape index (κ2) is 13.9. The van der Waals surface area contributed by atoms with Gasteiger partial charge in [-0.05, 0) is 50.2 Å². The fourth-order valence-corrected chi connectivity index (χ4v) is 4.29. The van der Waals surface area contributed by atoms with E-state index in [2.05, 4.69) is 27.4 Å². The number of aromatic nitrogens is 5. The number of hydrogen-bond acceptors (Lipinski definition) is 5. The number of nitrogens with one attached hydrogen (secondary N) is 1. The summed E-state index contributed by atoms with van der Waals surface area (Å²) < 4.78 is 23.8. The summed E-state index contributed by atoms with van der Waals surface area (Å²) >= 11 is 0. The van der Waals surface area contributed by atoms with Gasteiger partial charge in [0.1, 0.15) is 17.8 Å². The van der Waals surface area contributed by atoms with Gasteiger partial charge in [-0.1, -0.05) is 30.7 Å². The van der Waals surface area contributed by atoms with Crippen molar-refractivity contribution in [3.8, 4) is 23.6 Å². The molecule has 6 rings (SSSR count). The summed E-state index contributed by atoms with van der Waals surface area (Å²) in [6.45, 7) is 0.916. The second-order valence-electron chi connectivity index (χ2n) is 10.5. The Morgan fingerprint density at radius 3 is 2.48 bits per heavy atom. The number of anilines is 1. The topological polar surface area (TPSA) is 97.4 Å². The van der Waals surface area contributed by atoms with E-state index in [1.807, 2.05) is 18.2 Å². The van der Waals surface area contributed by atoms with Gasteiger partial charge in [0.05, 0.1) is 11.9 Å². The van der Waals surface area contributed by atoms with Crippen molar-refractivity contribution in [2.24, 2.45) is 5.92 Å². The van der Waals surface area contributed by atoms with E-state index in [1.54, 1.807) is 47.9 Å². The first-order valence-electron chi connectivity index (χ1n) is 13.9. The molecule has 0 radical (unpaired) electrons.